The molecule has 0 unspecified atom stereocenters. The van der Waals surface area contributed by atoms with E-state index < -0.39 is 0 Å². The molecule has 0 spiro atoms. The summed E-state index contributed by atoms with van der Waals surface area (Å²) in [5.41, 5.74) is 2.04. The minimum Gasteiger partial charge on any atom is -0.338 e. The number of carbonyl (C=O) groups is 1. The van der Waals surface area contributed by atoms with Gasteiger partial charge in [0.25, 0.3) is 0 Å². The van der Waals surface area contributed by atoms with E-state index in [1.54, 1.807) is 0 Å². The summed E-state index contributed by atoms with van der Waals surface area (Å²) >= 11 is 0. The van der Waals surface area contributed by atoms with E-state index in [2.05, 4.69) is 24.5 Å². The molecule has 0 heterocycles. The molecule has 0 aliphatic rings. The van der Waals surface area contributed by atoms with E-state index in [4.69, 9.17) is 0 Å². The fourth-order valence-electron chi connectivity index (χ4n) is 1.44. The highest BCUT2D eigenvalue weighted by Gasteiger charge is 2.07. The predicted molar refractivity (Wildman–Crippen MR) is 63.2 cm³/mol. The SMILES string of the molecule is CCNC(=O)Nc1ccccc1C(C)C. The Labute approximate surface area is 90.9 Å². The van der Waals surface area contributed by atoms with Crippen molar-refractivity contribution in [1.29, 1.82) is 0 Å². The first-order valence-electron chi connectivity index (χ1n) is 5.29. The average Bonchev–Trinajstić information content (AvgIpc) is 2.18. The monoisotopic (exact) mass is 206 g/mol. The van der Waals surface area contributed by atoms with Gasteiger partial charge in [-0.25, -0.2) is 4.79 Å². The molecular weight excluding hydrogens is 188 g/mol. The Morgan fingerprint density at radius 1 is 1.33 bits per heavy atom. The van der Waals surface area contributed by atoms with E-state index in [0.717, 1.165) is 11.3 Å². The van der Waals surface area contributed by atoms with Crippen LogP contribution in [0.1, 0.15) is 32.3 Å². The number of urea groups is 1. The lowest BCUT2D eigenvalue weighted by Crippen LogP contribution is -2.28. The largest absolute Gasteiger partial charge is 0.338 e. The summed E-state index contributed by atoms with van der Waals surface area (Å²) in [6.45, 7) is 6.75. The van der Waals surface area contributed by atoms with Crippen LogP contribution in [0, 0.1) is 0 Å². The minimum absolute atomic E-state index is 0.148. The van der Waals surface area contributed by atoms with Crippen LogP contribution >= 0.6 is 0 Å². The van der Waals surface area contributed by atoms with Gasteiger partial charge in [-0.15, -0.1) is 0 Å². The summed E-state index contributed by atoms with van der Waals surface area (Å²) in [5, 5.41) is 5.55. The molecule has 0 aliphatic carbocycles. The van der Waals surface area contributed by atoms with Crippen LogP contribution in [0.4, 0.5) is 10.5 Å². The van der Waals surface area contributed by atoms with Crippen LogP contribution in [-0.4, -0.2) is 12.6 Å². The zero-order chi connectivity index (χ0) is 11.3. The molecule has 0 aliphatic heterocycles. The van der Waals surface area contributed by atoms with Crippen LogP contribution < -0.4 is 10.6 Å². The van der Waals surface area contributed by atoms with Gasteiger partial charge in [-0.1, -0.05) is 32.0 Å². The number of nitrogens with one attached hydrogen (secondary N) is 2. The molecule has 0 aromatic heterocycles. The molecule has 82 valence electrons. The summed E-state index contributed by atoms with van der Waals surface area (Å²) in [7, 11) is 0. The first-order valence-corrected chi connectivity index (χ1v) is 5.29. The number of amides is 2. The van der Waals surface area contributed by atoms with Gasteiger partial charge in [0.2, 0.25) is 0 Å². The third-order valence-corrected chi connectivity index (χ3v) is 2.17. The van der Waals surface area contributed by atoms with Crippen molar-refractivity contribution in [2.24, 2.45) is 0 Å². The lowest BCUT2D eigenvalue weighted by atomic mass is 10.0. The summed E-state index contributed by atoms with van der Waals surface area (Å²) < 4.78 is 0. The molecule has 1 rings (SSSR count). The van der Waals surface area contributed by atoms with E-state index in [1.165, 1.54) is 0 Å². The van der Waals surface area contributed by atoms with Gasteiger partial charge in [0, 0.05) is 12.2 Å². The van der Waals surface area contributed by atoms with Gasteiger partial charge in [-0.05, 0) is 24.5 Å². The van der Waals surface area contributed by atoms with E-state index in [-0.39, 0.29) is 6.03 Å². The van der Waals surface area contributed by atoms with Crippen LogP contribution in [0.15, 0.2) is 24.3 Å². The molecular formula is C12H18N2O. The average molecular weight is 206 g/mol. The number of para-hydroxylation sites is 1. The van der Waals surface area contributed by atoms with Crippen LogP contribution in [0.3, 0.4) is 0 Å². The predicted octanol–water partition coefficient (Wildman–Crippen LogP) is 2.95. The van der Waals surface area contributed by atoms with Gasteiger partial charge in [-0.2, -0.15) is 0 Å². The smallest absolute Gasteiger partial charge is 0.319 e. The fourth-order valence-corrected chi connectivity index (χ4v) is 1.44. The zero-order valence-corrected chi connectivity index (χ0v) is 9.50. The number of benzene rings is 1. The number of hydrogen-bond donors (Lipinski definition) is 2. The Morgan fingerprint density at radius 2 is 2.00 bits per heavy atom. The van der Waals surface area contributed by atoms with Crippen LogP contribution in [0.25, 0.3) is 0 Å². The molecule has 1 aromatic rings. The Morgan fingerprint density at radius 3 is 2.60 bits per heavy atom. The first-order chi connectivity index (χ1) is 7.15. The van der Waals surface area contributed by atoms with Crippen molar-refractivity contribution >= 4 is 11.7 Å². The number of carbonyl (C=O) groups excluding carboxylic acids is 1. The number of hydrogen-bond acceptors (Lipinski definition) is 1. The van der Waals surface area contributed by atoms with Gasteiger partial charge >= 0.3 is 6.03 Å². The van der Waals surface area contributed by atoms with Gasteiger partial charge in [0.05, 0.1) is 0 Å². The summed E-state index contributed by atoms with van der Waals surface area (Å²) in [6, 6.07) is 7.72. The lowest BCUT2D eigenvalue weighted by molar-refractivity contribution is 0.252. The second kappa shape index (κ2) is 5.39. The standard InChI is InChI=1S/C12H18N2O/c1-4-13-12(15)14-11-8-6-5-7-10(11)9(2)3/h5-9H,4H2,1-3H3,(H2,13,14,15). The highest BCUT2D eigenvalue weighted by Crippen LogP contribution is 2.23. The fraction of sp³-hybridized carbons (Fsp3) is 0.417. The Balaban J connectivity index is 2.80. The molecule has 0 radical (unpaired) electrons. The zero-order valence-electron chi connectivity index (χ0n) is 9.50. The molecule has 0 bridgehead atoms. The molecule has 0 saturated carbocycles. The van der Waals surface area contributed by atoms with E-state index in [0.29, 0.717) is 12.5 Å². The van der Waals surface area contributed by atoms with E-state index >= 15 is 0 Å². The molecule has 0 fully saturated rings. The third-order valence-electron chi connectivity index (χ3n) is 2.17. The second-order valence-corrected chi connectivity index (χ2v) is 3.73. The highest BCUT2D eigenvalue weighted by atomic mass is 16.2. The normalized spacial score (nSPS) is 10.1. The maximum atomic E-state index is 11.4. The second-order valence-electron chi connectivity index (χ2n) is 3.73. The molecule has 0 saturated heterocycles. The Kier molecular flexibility index (Phi) is 4.16. The third kappa shape index (κ3) is 3.27. The maximum Gasteiger partial charge on any atom is 0.319 e. The van der Waals surface area contributed by atoms with Crippen molar-refractivity contribution in [3.05, 3.63) is 29.8 Å². The molecule has 3 heteroatoms. The quantitative estimate of drug-likeness (QED) is 0.784. The Hall–Kier alpha value is -1.51. The Bertz CT molecular complexity index is 334. The maximum absolute atomic E-state index is 11.4. The lowest BCUT2D eigenvalue weighted by Gasteiger charge is -2.13. The summed E-state index contributed by atoms with van der Waals surface area (Å²) in [6.07, 6.45) is 0. The minimum atomic E-state index is -0.148. The van der Waals surface area contributed by atoms with Crippen molar-refractivity contribution in [1.82, 2.24) is 5.32 Å². The van der Waals surface area contributed by atoms with Crippen molar-refractivity contribution in [2.75, 3.05) is 11.9 Å². The van der Waals surface area contributed by atoms with Gasteiger partial charge in [-0.3, -0.25) is 0 Å². The number of anilines is 1. The van der Waals surface area contributed by atoms with Crippen molar-refractivity contribution in [2.45, 2.75) is 26.7 Å². The van der Waals surface area contributed by atoms with Crippen molar-refractivity contribution in [3.8, 4) is 0 Å². The molecule has 0 atom stereocenters. The van der Waals surface area contributed by atoms with Crippen molar-refractivity contribution < 1.29 is 4.79 Å². The summed E-state index contributed by atoms with van der Waals surface area (Å²) in [4.78, 5) is 11.4. The van der Waals surface area contributed by atoms with Gasteiger partial charge in [0.1, 0.15) is 0 Å². The molecule has 2 amide bonds. The van der Waals surface area contributed by atoms with Crippen LogP contribution in [-0.2, 0) is 0 Å². The first kappa shape index (κ1) is 11.6. The van der Waals surface area contributed by atoms with Gasteiger partial charge < -0.3 is 10.6 Å². The van der Waals surface area contributed by atoms with Gasteiger partial charge in [0.15, 0.2) is 0 Å². The molecule has 2 N–H and O–H groups in total. The van der Waals surface area contributed by atoms with Crippen LogP contribution in [0.2, 0.25) is 0 Å². The van der Waals surface area contributed by atoms with E-state index in [9.17, 15) is 4.79 Å². The molecule has 1 aromatic carbocycles. The van der Waals surface area contributed by atoms with Crippen LogP contribution in [0.5, 0.6) is 0 Å². The topological polar surface area (TPSA) is 41.1 Å². The number of rotatable bonds is 3. The summed E-state index contributed by atoms with van der Waals surface area (Å²) in [5.74, 6) is 0.406. The van der Waals surface area contributed by atoms with E-state index in [1.807, 2.05) is 31.2 Å². The molecule has 3 nitrogen and oxygen atoms in total. The molecule has 15 heavy (non-hydrogen) atoms. The van der Waals surface area contributed by atoms with Crippen molar-refractivity contribution in [3.63, 3.8) is 0 Å². The highest BCUT2D eigenvalue weighted by molar-refractivity contribution is 5.90.